The lowest BCUT2D eigenvalue weighted by Gasteiger charge is -2.61. The van der Waals surface area contributed by atoms with Crippen LogP contribution in [0.2, 0.25) is 0 Å². The van der Waals surface area contributed by atoms with Gasteiger partial charge in [0.25, 0.3) is 0 Å². The van der Waals surface area contributed by atoms with Crippen LogP contribution in [0.1, 0.15) is 76.3 Å². The van der Waals surface area contributed by atoms with Gasteiger partial charge in [0, 0.05) is 38.5 Å². The molecule has 3 aliphatic carbocycles. The topological polar surface area (TPSA) is 40.6 Å². The van der Waals surface area contributed by atoms with Crippen molar-refractivity contribution in [2.75, 3.05) is 7.05 Å². The second kappa shape index (κ2) is 9.84. The normalized spacial score (nSPS) is 36.2. The fraction of sp³-hybridized carbons (Fsp3) is 0.588. The summed E-state index contributed by atoms with van der Waals surface area (Å²) >= 11 is 0. The molecule has 0 N–H and O–H groups in total. The van der Waals surface area contributed by atoms with E-state index in [1.165, 1.54) is 30.4 Å². The van der Waals surface area contributed by atoms with Gasteiger partial charge in [-0.25, -0.2) is 0 Å². The predicted octanol–water partition coefficient (Wildman–Crippen LogP) is 6.70. The molecule has 0 aromatic heterocycles. The van der Waals surface area contributed by atoms with E-state index in [9.17, 15) is 9.59 Å². The summed E-state index contributed by atoms with van der Waals surface area (Å²) in [7, 11) is 2.04. The maximum absolute atomic E-state index is 14.4. The average Bonchev–Trinajstić information content (AvgIpc) is 3.29. The van der Waals surface area contributed by atoms with E-state index in [1.807, 2.05) is 19.2 Å². The van der Waals surface area contributed by atoms with Crippen molar-refractivity contribution >= 4 is 11.8 Å². The Bertz CT molecular complexity index is 1120. The Labute approximate surface area is 228 Å². The van der Waals surface area contributed by atoms with Crippen LogP contribution >= 0.6 is 0 Å². The summed E-state index contributed by atoms with van der Waals surface area (Å²) in [6.07, 6.45) is 8.60. The Balaban J connectivity index is 1.25. The molecule has 1 saturated heterocycles. The van der Waals surface area contributed by atoms with Gasteiger partial charge in [-0.15, -0.1) is 0 Å². The second-order valence-electron chi connectivity index (χ2n) is 13.3. The first-order chi connectivity index (χ1) is 18.3. The molecule has 7 atom stereocenters. The Morgan fingerprint density at radius 2 is 1.42 bits per heavy atom. The van der Waals surface area contributed by atoms with Crippen LogP contribution in [0.25, 0.3) is 0 Å². The van der Waals surface area contributed by atoms with Crippen LogP contribution in [0.4, 0.5) is 0 Å². The maximum atomic E-state index is 14.4. The van der Waals surface area contributed by atoms with E-state index in [4.69, 9.17) is 0 Å². The van der Waals surface area contributed by atoms with Gasteiger partial charge in [0.15, 0.2) is 0 Å². The Hall–Kier alpha value is -2.62. The number of piperidine rings is 1. The average molecular weight is 513 g/mol. The lowest BCUT2D eigenvalue weighted by molar-refractivity contribution is -0.161. The molecular formula is C34H44N2O2. The molecule has 38 heavy (non-hydrogen) atoms. The van der Waals surface area contributed by atoms with Crippen molar-refractivity contribution in [1.29, 1.82) is 0 Å². The van der Waals surface area contributed by atoms with Gasteiger partial charge in [0.05, 0.1) is 0 Å². The molecule has 3 saturated carbocycles. The molecule has 4 aliphatic rings. The van der Waals surface area contributed by atoms with Crippen LogP contribution in [0.5, 0.6) is 0 Å². The molecule has 2 aromatic rings. The van der Waals surface area contributed by atoms with Gasteiger partial charge in [-0.05, 0) is 84.7 Å². The molecular weight excluding hydrogens is 468 g/mol. The second-order valence-corrected chi connectivity index (χ2v) is 13.3. The highest BCUT2D eigenvalue weighted by Gasteiger charge is 2.62. The molecule has 0 radical (unpaired) electrons. The van der Waals surface area contributed by atoms with Gasteiger partial charge >= 0.3 is 0 Å². The zero-order valence-corrected chi connectivity index (χ0v) is 23.4. The van der Waals surface area contributed by atoms with Gasteiger partial charge in [-0.1, -0.05) is 74.5 Å². The highest BCUT2D eigenvalue weighted by Crippen LogP contribution is 2.66. The quantitative estimate of drug-likeness (QED) is 0.448. The van der Waals surface area contributed by atoms with Crippen LogP contribution in [0.15, 0.2) is 60.7 Å². The van der Waals surface area contributed by atoms with E-state index in [1.54, 1.807) is 0 Å². The van der Waals surface area contributed by atoms with Crippen molar-refractivity contribution in [3.8, 4) is 0 Å². The van der Waals surface area contributed by atoms with Crippen LogP contribution in [-0.2, 0) is 22.7 Å². The van der Waals surface area contributed by atoms with Gasteiger partial charge in [-0.2, -0.15) is 0 Å². The number of amides is 2. The number of fused-ring (bicyclic) bond motifs is 5. The number of hydrogen-bond acceptors (Lipinski definition) is 2. The van der Waals surface area contributed by atoms with Crippen LogP contribution in [0, 0.1) is 34.5 Å². The molecule has 0 bridgehead atoms. The number of likely N-dealkylation sites (tertiary alicyclic amines) is 1. The zero-order valence-electron chi connectivity index (χ0n) is 23.4. The first kappa shape index (κ1) is 25.6. The first-order valence-electron chi connectivity index (χ1n) is 14.9. The number of carbonyl (C=O) groups excluding carboxylic acids is 2. The molecule has 4 fully saturated rings. The van der Waals surface area contributed by atoms with Gasteiger partial charge in [0.2, 0.25) is 11.8 Å². The molecule has 2 aromatic carbocycles. The van der Waals surface area contributed by atoms with Crippen LogP contribution < -0.4 is 0 Å². The highest BCUT2D eigenvalue weighted by molar-refractivity contribution is 5.80. The monoisotopic (exact) mass is 512 g/mol. The smallest absolute Gasteiger partial charge is 0.226 e. The van der Waals surface area contributed by atoms with Crippen molar-refractivity contribution in [2.24, 2.45) is 34.5 Å². The number of benzene rings is 2. The molecule has 4 nitrogen and oxygen atoms in total. The largest absolute Gasteiger partial charge is 0.342 e. The SMILES string of the molecule is CN1C(=O)CC[C@@]2(C)C1CC[C@@H]1[C@H]2CC[C@]2(C)C(C(=O)N(Cc3ccccc3)Cc3ccccc3)CC[C@@H]12. The molecule has 1 aliphatic heterocycles. The standard InChI is InChI=1S/C34H44N2O2/c1-33-20-18-28-26(14-17-30-34(28,2)21-19-31(37)35(30)3)27(33)15-16-29(33)32(38)36(22-24-10-6-4-7-11-24)23-25-12-8-5-9-13-25/h4-13,26-30H,14-23H2,1-3H3/t26-,27-,28+,29?,30?,33-,34+/m0/s1. The van der Waals surface area contributed by atoms with E-state index in [0.29, 0.717) is 55.1 Å². The van der Waals surface area contributed by atoms with E-state index in [2.05, 4.69) is 72.2 Å². The van der Waals surface area contributed by atoms with Crippen molar-refractivity contribution in [3.63, 3.8) is 0 Å². The van der Waals surface area contributed by atoms with E-state index in [0.717, 1.165) is 25.7 Å². The Morgan fingerprint density at radius 3 is 2.05 bits per heavy atom. The van der Waals surface area contributed by atoms with Gasteiger partial charge < -0.3 is 9.80 Å². The fourth-order valence-corrected chi connectivity index (χ4v) is 9.60. The Morgan fingerprint density at radius 1 is 0.816 bits per heavy atom. The molecule has 2 unspecified atom stereocenters. The lowest BCUT2D eigenvalue weighted by Crippen LogP contribution is -2.61. The minimum absolute atomic E-state index is 0.0729. The van der Waals surface area contributed by atoms with Crippen molar-refractivity contribution < 1.29 is 9.59 Å². The van der Waals surface area contributed by atoms with Crippen molar-refractivity contribution in [1.82, 2.24) is 9.80 Å². The summed E-state index contributed by atoms with van der Waals surface area (Å²) in [4.78, 5) is 31.2. The maximum Gasteiger partial charge on any atom is 0.226 e. The highest BCUT2D eigenvalue weighted by atomic mass is 16.2. The van der Waals surface area contributed by atoms with Gasteiger partial charge in [-0.3, -0.25) is 9.59 Å². The van der Waals surface area contributed by atoms with Gasteiger partial charge in [0.1, 0.15) is 0 Å². The summed E-state index contributed by atoms with van der Waals surface area (Å²) in [5.41, 5.74) is 2.69. The number of carbonyl (C=O) groups is 2. The molecule has 4 heteroatoms. The van der Waals surface area contributed by atoms with E-state index in [-0.39, 0.29) is 16.7 Å². The van der Waals surface area contributed by atoms with E-state index < -0.39 is 0 Å². The zero-order chi connectivity index (χ0) is 26.5. The first-order valence-corrected chi connectivity index (χ1v) is 14.9. The molecule has 0 spiro atoms. The minimum Gasteiger partial charge on any atom is -0.342 e. The molecule has 1 heterocycles. The van der Waals surface area contributed by atoms with Crippen molar-refractivity contribution in [3.05, 3.63) is 71.8 Å². The van der Waals surface area contributed by atoms with Crippen LogP contribution in [0.3, 0.4) is 0 Å². The summed E-state index contributed by atoms with van der Waals surface area (Å²) in [6.45, 7) is 6.27. The summed E-state index contributed by atoms with van der Waals surface area (Å²) in [6, 6.07) is 21.3. The molecule has 202 valence electrons. The molecule has 6 rings (SSSR count). The number of hydrogen-bond donors (Lipinski definition) is 0. The third-order valence-corrected chi connectivity index (χ3v) is 11.6. The minimum atomic E-state index is 0.0729. The number of rotatable bonds is 5. The van der Waals surface area contributed by atoms with Crippen molar-refractivity contribution in [2.45, 2.75) is 84.3 Å². The lowest BCUT2D eigenvalue weighted by atomic mass is 9.47. The summed E-state index contributed by atoms with van der Waals surface area (Å²) in [5.74, 6) is 2.76. The summed E-state index contributed by atoms with van der Waals surface area (Å²) in [5, 5.41) is 0. The van der Waals surface area contributed by atoms with E-state index >= 15 is 0 Å². The summed E-state index contributed by atoms with van der Waals surface area (Å²) < 4.78 is 0. The molecule has 2 amide bonds. The van der Waals surface area contributed by atoms with Crippen LogP contribution in [-0.4, -0.2) is 34.7 Å². The number of nitrogens with zero attached hydrogens (tertiary/aromatic N) is 2. The fourth-order valence-electron chi connectivity index (χ4n) is 9.60. The third-order valence-electron chi connectivity index (χ3n) is 11.6. The predicted molar refractivity (Wildman–Crippen MR) is 151 cm³/mol. The Kier molecular flexibility index (Phi) is 6.64. The third kappa shape index (κ3) is 4.19.